The second kappa shape index (κ2) is 2.93. The topological polar surface area (TPSA) is 0 Å². The molecule has 0 aliphatic rings. The van der Waals surface area contributed by atoms with E-state index in [4.69, 9.17) is 0 Å². The Morgan fingerprint density at radius 3 is 1.08 bits per heavy atom. The summed E-state index contributed by atoms with van der Waals surface area (Å²) >= 11 is -2.39. The molecular weight excluding hydrogens is 220 g/mol. The zero-order valence-corrected chi connectivity index (χ0v) is 5.75. The van der Waals surface area contributed by atoms with Gasteiger partial charge >= 0.3 is 16.9 Å². The van der Waals surface area contributed by atoms with Crippen LogP contribution in [-0.4, -0.2) is 16.9 Å². The van der Waals surface area contributed by atoms with Gasteiger partial charge in [0.15, 0.2) is 0 Å². The van der Waals surface area contributed by atoms with E-state index in [1.807, 2.05) is 0 Å². The van der Waals surface area contributed by atoms with E-state index in [0.29, 0.717) is 0 Å². The molecule has 0 fully saturated rings. The fourth-order valence-corrected chi connectivity index (χ4v) is 0.610. The first-order chi connectivity index (χ1) is 4.96. The molecule has 12 heavy (non-hydrogen) atoms. The van der Waals surface area contributed by atoms with E-state index < -0.39 is 28.7 Å². The molecule has 0 atom stereocenters. The number of hydrogen-bond donors (Lipinski definition) is 0. The van der Waals surface area contributed by atoms with Crippen molar-refractivity contribution in [2.75, 3.05) is 0 Å². The molecule has 0 saturated carbocycles. The molecule has 0 radical (unpaired) electrons. The first-order valence-corrected chi connectivity index (χ1v) is 2.99. The number of thioether (sulfide) groups is 1. The van der Waals surface area contributed by atoms with E-state index in [2.05, 4.69) is 0 Å². The third-order valence-corrected chi connectivity index (χ3v) is 1.29. The van der Waals surface area contributed by atoms with E-state index in [0.717, 1.165) is 0 Å². The molecule has 74 valence electrons. The smallest absolute Gasteiger partial charge is 0.183 e. The lowest BCUT2D eigenvalue weighted by Crippen LogP contribution is -2.35. The standard InChI is InChI=1S/C3F8S/c4-1(5,6)2(7,8)12-3(9,10)11. The van der Waals surface area contributed by atoms with Crippen LogP contribution in [0.4, 0.5) is 35.1 Å². The van der Waals surface area contributed by atoms with Crippen molar-refractivity contribution in [1.82, 2.24) is 0 Å². The summed E-state index contributed by atoms with van der Waals surface area (Å²) in [7, 11) is 0. The predicted octanol–water partition coefficient (Wildman–Crippen LogP) is 3.39. The monoisotopic (exact) mass is 220 g/mol. The van der Waals surface area contributed by atoms with Crippen LogP contribution >= 0.6 is 11.8 Å². The highest BCUT2D eigenvalue weighted by atomic mass is 32.2. The molecular formula is C3F8S. The van der Waals surface area contributed by atoms with Crippen LogP contribution in [0, 0.1) is 0 Å². The molecule has 0 nitrogen and oxygen atoms in total. The summed E-state index contributed by atoms with van der Waals surface area (Å²) in [5, 5.41) is -5.79. The minimum atomic E-state index is -6.19. The third-order valence-electron chi connectivity index (χ3n) is 0.574. The number of hydrogen-bond acceptors (Lipinski definition) is 1. The second-order valence-corrected chi connectivity index (χ2v) is 2.74. The zero-order chi connectivity index (χ0) is 10.2. The molecule has 0 aromatic carbocycles. The van der Waals surface area contributed by atoms with Gasteiger partial charge in [-0.15, -0.1) is 0 Å². The summed E-state index contributed by atoms with van der Waals surface area (Å²) < 4.78 is 89.6. The van der Waals surface area contributed by atoms with Gasteiger partial charge in [0, 0.05) is 11.8 Å². The van der Waals surface area contributed by atoms with Crippen molar-refractivity contribution in [2.45, 2.75) is 16.9 Å². The Hall–Kier alpha value is -0.210. The highest BCUT2D eigenvalue weighted by Gasteiger charge is 2.63. The molecule has 0 aromatic heterocycles. The Morgan fingerprint density at radius 1 is 0.667 bits per heavy atom. The molecule has 0 saturated heterocycles. The van der Waals surface area contributed by atoms with Gasteiger partial charge in [-0.2, -0.15) is 35.1 Å². The molecule has 9 heteroatoms. The van der Waals surface area contributed by atoms with Gasteiger partial charge in [-0.25, -0.2) is 0 Å². The van der Waals surface area contributed by atoms with Crippen LogP contribution in [0.3, 0.4) is 0 Å². The Labute approximate surface area is 64.9 Å². The number of halogens is 8. The predicted molar refractivity (Wildman–Crippen MR) is 24.6 cm³/mol. The minimum absolute atomic E-state index is 2.39. The largest absolute Gasteiger partial charge is 0.464 e. The quantitative estimate of drug-likeness (QED) is 0.610. The maximum Gasteiger partial charge on any atom is 0.464 e. The van der Waals surface area contributed by atoms with E-state index in [9.17, 15) is 35.1 Å². The average Bonchev–Trinajstić information content (AvgIpc) is 1.52. The maximum absolute atomic E-state index is 11.5. The second-order valence-electron chi connectivity index (χ2n) is 1.56. The highest BCUT2D eigenvalue weighted by Crippen LogP contribution is 2.51. The zero-order valence-electron chi connectivity index (χ0n) is 4.93. The Balaban J connectivity index is 4.44. The summed E-state index contributed by atoms with van der Waals surface area (Å²) in [6.07, 6.45) is -6.19. The third kappa shape index (κ3) is 3.46. The molecule has 0 aliphatic heterocycles. The lowest BCUT2D eigenvalue weighted by molar-refractivity contribution is -0.240. The van der Waals surface area contributed by atoms with Crippen LogP contribution in [0.2, 0.25) is 0 Å². The van der Waals surface area contributed by atoms with E-state index in [-0.39, 0.29) is 0 Å². The minimum Gasteiger partial charge on any atom is -0.183 e. The van der Waals surface area contributed by atoms with E-state index in [1.54, 1.807) is 0 Å². The van der Waals surface area contributed by atoms with Crippen molar-refractivity contribution < 1.29 is 35.1 Å². The van der Waals surface area contributed by atoms with Crippen LogP contribution in [0.5, 0.6) is 0 Å². The first kappa shape index (κ1) is 11.8. The first-order valence-electron chi connectivity index (χ1n) is 2.17. The van der Waals surface area contributed by atoms with Crippen LogP contribution in [0.15, 0.2) is 0 Å². The Bertz CT molecular complexity index is 153. The molecule has 0 amide bonds. The van der Waals surface area contributed by atoms with Gasteiger partial charge in [0.05, 0.1) is 0 Å². The molecule has 0 spiro atoms. The average molecular weight is 220 g/mol. The SMILES string of the molecule is FC(F)(F)SC(F)(F)C(F)(F)F. The van der Waals surface area contributed by atoms with Crippen LogP contribution in [-0.2, 0) is 0 Å². The summed E-state index contributed by atoms with van der Waals surface area (Å²) in [5.74, 6) is 0. The summed E-state index contributed by atoms with van der Waals surface area (Å²) in [6, 6.07) is 0. The van der Waals surface area contributed by atoms with Gasteiger partial charge in [0.2, 0.25) is 0 Å². The van der Waals surface area contributed by atoms with Gasteiger partial charge in [-0.3, -0.25) is 0 Å². The van der Waals surface area contributed by atoms with Crippen molar-refractivity contribution >= 4 is 11.8 Å². The van der Waals surface area contributed by atoms with Gasteiger partial charge in [-0.05, 0) is 0 Å². The highest BCUT2D eigenvalue weighted by molar-refractivity contribution is 8.01. The molecule has 0 aliphatic carbocycles. The van der Waals surface area contributed by atoms with Crippen LogP contribution in [0.1, 0.15) is 0 Å². The normalized spacial score (nSPS) is 15.0. The van der Waals surface area contributed by atoms with Gasteiger partial charge < -0.3 is 0 Å². The molecule has 0 rings (SSSR count). The fourth-order valence-electron chi connectivity index (χ4n) is 0.203. The maximum atomic E-state index is 11.5. The molecule has 0 aromatic rings. The van der Waals surface area contributed by atoms with Gasteiger partial charge in [0.25, 0.3) is 0 Å². The van der Waals surface area contributed by atoms with Crippen molar-refractivity contribution in [3.8, 4) is 0 Å². The van der Waals surface area contributed by atoms with Crippen LogP contribution in [0.25, 0.3) is 0 Å². The van der Waals surface area contributed by atoms with E-state index >= 15 is 0 Å². The number of rotatable bonds is 1. The van der Waals surface area contributed by atoms with Crippen molar-refractivity contribution in [2.24, 2.45) is 0 Å². The fraction of sp³-hybridized carbons (Fsp3) is 1.00. The van der Waals surface area contributed by atoms with E-state index in [1.165, 1.54) is 0 Å². The van der Waals surface area contributed by atoms with Crippen LogP contribution < -0.4 is 0 Å². The van der Waals surface area contributed by atoms with Gasteiger partial charge in [-0.1, -0.05) is 0 Å². The lowest BCUT2D eigenvalue weighted by atomic mass is 10.7. The molecule has 0 heterocycles. The Morgan fingerprint density at radius 2 is 1.00 bits per heavy atom. The number of alkyl halides is 8. The summed E-state index contributed by atoms with van der Waals surface area (Å²) in [6.45, 7) is 0. The van der Waals surface area contributed by atoms with Crippen molar-refractivity contribution in [3.05, 3.63) is 0 Å². The van der Waals surface area contributed by atoms with Gasteiger partial charge in [0.1, 0.15) is 0 Å². The lowest BCUT2D eigenvalue weighted by Gasteiger charge is -2.19. The Kier molecular flexibility index (Phi) is 2.88. The summed E-state index contributed by atoms with van der Waals surface area (Å²) in [5.41, 5.74) is -5.61. The molecule has 0 N–H and O–H groups in total. The molecule has 0 bridgehead atoms. The summed E-state index contributed by atoms with van der Waals surface area (Å²) in [4.78, 5) is 0. The van der Waals surface area contributed by atoms with Crippen molar-refractivity contribution in [3.63, 3.8) is 0 Å². The van der Waals surface area contributed by atoms with Crippen molar-refractivity contribution in [1.29, 1.82) is 0 Å². The molecule has 0 unspecified atom stereocenters.